The summed E-state index contributed by atoms with van der Waals surface area (Å²) in [5.74, 6) is 4.23. The van der Waals surface area contributed by atoms with Gasteiger partial charge in [-0.1, -0.05) is 18.8 Å². The van der Waals surface area contributed by atoms with Gasteiger partial charge >= 0.3 is 6.18 Å². The molecule has 0 bridgehead atoms. The van der Waals surface area contributed by atoms with Gasteiger partial charge in [-0.2, -0.15) is 13.2 Å². The van der Waals surface area contributed by atoms with Crippen molar-refractivity contribution >= 4 is 5.91 Å². The second kappa shape index (κ2) is 7.64. The predicted octanol–water partition coefficient (Wildman–Crippen LogP) is 1.84. The topological polar surface area (TPSA) is 53.4 Å². The van der Waals surface area contributed by atoms with Crippen LogP contribution in [0.25, 0.3) is 0 Å². The first-order valence-corrected chi connectivity index (χ1v) is 6.29. The summed E-state index contributed by atoms with van der Waals surface area (Å²) in [7, 11) is 0. The van der Waals surface area contributed by atoms with Crippen molar-refractivity contribution in [2.45, 2.75) is 19.5 Å². The fourth-order valence-corrected chi connectivity index (χ4v) is 1.64. The molecule has 0 saturated carbocycles. The summed E-state index contributed by atoms with van der Waals surface area (Å²) in [5, 5.41) is 8.55. The summed E-state index contributed by atoms with van der Waals surface area (Å²) in [6.45, 7) is 0.0910. The van der Waals surface area contributed by atoms with E-state index in [0.717, 1.165) is 4.90 Å². The molecule has 0 fully saturated rings. The SMILES string of the molecule is CCCN(CC(F)(F)F)C(=O)c1ccc(C#CCO)cn1. The van der Waals surface area contributed by atoms with Crippen LogP contribution in [0.3, 0.4) is 0 Å². The highest BCUT2D eigenvalue weighted by molar-refractivity contribution is 5.92. The first-order chi connectivity index (χ1) is 9.87. The lowest BCUT2D eigenvalue weighted by Crippen LogP contribution is -2.39. The number of rotatable bonds is 4. The van der Waals surface area contributed by atoms with E-state index in [0.29, 0.717) is 12.0 Å². The Balaban J connectivity index is 2.88. The van der Waals surface area contributed by atoms with E-state index in [1.807, 2.05) is 0 Å². The van der Waals surface area contributed by atoms with E-state index in [1.165, 1.54) is 18.3 Å². The monoisotopic (exact) mass is 300 g/mol. The van der Waals surface area contributed by atoms with Crippen LogP contribution in [-0.2, 0) is 0 Å². The lowest BCUT2D eigenvalue weighted by Gasteiger charge is -2.23. The highest BCUT2D eigenvalue weighted by atomic mass is 19.4. The smallest absolute Gasteiger partial charge is 0.384 e. The van der Waals surface area contributed by atoms with Crippen LogP contribution in [0.15, 0.2) is 18.3 Å². The van der Waals surface area contributed by atoms with Gasteiger partial charge in [0, 0.05) is 18.3 Å². The van der Waals surface area contributed by atoms with E-state index in [2.05, 4.69) is 16.8 Å². The number of carbonyl (C=O) groups is 1. The van der Waals surface area contributed by atoms with Crippen LogP contribution >= 0.6 is 0 Å². The number of amides is 1. The standard InChI is InChI=1S/C14H15F3N2O2/c1-2-7-19(10-14(15,16)17)13(21)12-6-5-11(9-18-12)4-3-8-20/h5-6,9,20H,2,7-8,10H2,1H3. The van der Waals surface area contributed by atoms with Crippen LogP contribution < -0.4 is 0 Å². The molecule has 0 radical (unpaired) electrons. The van der Waals surface area contributed by atoms with E-state index < -0.39 is 18.6 Å². The van der Waals surface area contributed by atoms with Crippen LogP contribution in [0, 0.1) is 11.8 Å². The molecular weight excluding hydrogens is 285 g/mol. The van der Waals surface area contributed by atoms with E-state index in [9.17, 15) is 18.0 Å². The summed E-state index contributed by atoms with van der Waals surface area (Å²) in [4.78, 5) is 16.6. The number of halogens is 3. The first-order valence-electron chi connectivity index (χ1n) is 6.29. The zero-order chi connectivity index (χ0) is 15.9. The highest BCUT2D eigenvalue weighted by Gasteiger charge is 2.33. The lowest BCUT2D eigenvalue weighted by molar-refractivity contribution is -0.140. The number of hydrogen-bond donors (Lipinski definition) is 1. The summed E-state index contributed by atoms with van der Waals surface area (Å²) in [5.41, 5.74) is 0.403. The molecule has 1 aromatic heterocycles. The minimum Gasteiger partial charge on any atom is -0.384 e. The molecule has 0 atom stereocenters. The zero-order valence-electron chi connectivity index (χ0n) is 11.4. The number of nitrogens with zero attached hydrogens (tertiary/aromatic N) is 2. The second-order valence-electron chi connectivity index (χ2n) is 4.23. The molecule has 1 amide bonds. The molecule has 1 aromatic rings. The van der Waals surface area contributed by atoms with Gasteiger partial charge in [-0.3, -0.25) is 4.79 Å². The molecule has 0 saturated heterocycles. The maximum absolute atomic E-state index is 12.5. The van der Waals surface area contributed by atoms with Crippen molar-refractivity contribution in [3.63, 3.8) is 0 Å². The fourth-order valence-electron chi connectivity index (χ4n) is 1.64. The quantitative estimate of drug-likeness (QED) is 0.863. The highest BCUT2D eigenvalue weighted by Crippen LogP contribution is 2.18. The molecule has 0 spiro atoms. The minimum atomic E-state index is -4.45. The van der Waals surface area contributed by atoms with Gasteiger partial charge in [-0.15, -0.1) is 0 Å². The van der Waals surface area contributed by atoms with Gasteiger partial charge in [0.1, 0.15) is 18.8 Å². The Labute approximate surface area is 120 Å². The van der Waals surface area contributed by atoms with Gasteiger partial charge < -0.3 is 10.0 Å². The molecule has 4 nitrogen and oxygen atoms in total. The maximum Gasteiger partial charge on any atom is 0.406 e. The number of aliphatic hydroxyl groups is 1. The lowest BCUT2D eigenvalue weighted by atomic mass is 10.2. The predicted molar refractivity (Wildman–Crippen MR) is 70.5 cm³/mol. The van der Waals surface area contributed by atoms with Gasteiger partial charge in [0.2, 0.25) is 0 Å². The van der Waals surface area contributed by atoms with Crippen molar-refractivity contribution in [3.05, 3.63) is 29.6 Å². The molecule has 7 heteroatoms. The largest absolute Gasteiger partial charge is 0.406 e. The van der Waals surface area contributed by atoms with Crippen molar-refractivity contribution < 1.29 is 23.1 Å². The van der Waals surface area contributed by atoms with Crippen molar-refractivity contribution in [1.29, 1.82) is 0 Å². The third kappa shape index (κ3) is 5.83. The van der Waals surface area contributed by atoms with Gasteiger partial charge in [-0.05, 0) is 18.6 Å². The minimum absolute atomic E-state index is 0.00604. The maximum atomic E-state index is 12.5. The van der Waals surface area contributed by atoms with E-state index in [1.54, 1.807) is 6.92 Å². The molecule has 114 valence electrons. The van der Waals surface area contributed by atoms with Crippen molar-refractivity contribution in [2.24, 2.45) is 0 Å². The molecular formula is C14H15F3N2O2. The van der Waals surface area contributed by atoms with Crippen LogP contribution in [0.4, 0.5) is 13.2 Å². The number of hydrogen-bond acceptors (Lipinski definition) is 3. The molecule has 0 aliphatic heterocycles. The fraction of sp³-hybridized carbons (Fsp3) is 0.429. The molecule has 0 unspecified atom stereocenters. The Morgan fingerprint density at radius 1 is 1.43 bits per heavy atom. The Bertz CT molecular complexity index is 530. The molecule has 1 rings (SSSR count). The Hall–Kier alpha value is -2.07. The molecule has 0 aromatic carbocycles. The summed E-state index contributed by atoms with van der Waals surface area (Å²) < 4.78 is 37.4. The number of alkyl halides is 3. The Morgan fingerprint density at radius 3 is 2.62 bits per heavy atom. The number of aliphatic hydroxyl groups excluding tert-OH is 1. The Kier molecular flexibility index (Phi) is 6.18. The normalized spacial score (nSPS) is 10.7. The van der Waals surface area contributed by atoms with Crippen LogP contribution in [0.2, 0.25) is 0 Å². The van der Waals surface area contributed by atoms with Crippen molar-refractivity contribution in [3.8, 4) is 11.8 Å². The van der Waals surface area contributed by atoms with Crippen LogP contribution in [0.5, 0.6) is 0 Å². The third-order valence-electron chi connectivity index (χ3n) is 2.45. The van der Waals surface area contributed by atoms with E-state index in [-0.39, 0.29) is 18.8 Å². The van der Waals surface area contributed by atoms with Crippen molar-refractivity contribution in [2.75, 3.05) is 19.7 Å². The molecule has 1 heterocycles. The van der Waals surface area contributed by atoms with E-state index >= 15 is 0 Å². The molecule has 1 N–H and O–H groups in total. The third-order valence-corrected chi connectivity index (χ3v) is 2.45. The summed E-state index contributed by atoms with van der Waals surface area (Å²) >= 11 is 0. The molecule has 0 aliphatic carbocycles. The molecule has 21 heavy (non-hydrogen) atoms. The summed E-state index contributed by atoms with van der Waals surface area (Å²) in [6.07, 6.45) is -2.74. The number of aromatic nitrogens is 1. The van der Waals surface area contributed by atoms with E-state index in [4.69, 9.17) is 5.11 Å². The zero-order valence-corrected chi connectivity index (χ0v) is 11.4. The van der Waals surface area contributed by atoms with Crippen molar-refractivity contribution in [1.82, 2.24) is 9.88 Å². The second-order valence-corrected chi connectivity index (χ2v) is 4.23. The first kappa shape index (κ1) is 17.0. The van der Waals surface area contributed by atoms with Crippen LogP contribution in [-0.4, -0.2) is 46.8 Å². The molecule has 0 aliphatic rings. The average Bonchev–Trinajstić information content (AvgIpc) is 2.43. The number of pyridine rings is 1. The van der Waals surface area contributed by atoms with Gasteiger partial charge in [0.15, 0.2) is 0 Å². The van der Waals surface area contributed by atoms with Crippen LogP contribution in [0.1, 0.15) is 29.4 Å². The Morgan fingerprint density at radius 2 is 2.14 bits per heavy atom. The average molecular weight is 300 g/mol. The summed E-state index contributed by atoms with van der Waals surface area (Å²) in [6, 6.07) is 2.80. The number of carbonyl (C=O) groups excluding carboxylic acids is 1. The van der Waals surface area contributed by atoms with Gasteiger partial charge in [-0.25, -0.2) is 4.98 Å². The van der Waals surface area contributed by atoms with Gasteiger partial charge in [0.05, 0.1) is 0 Å². The van der Waals surface area contributed by atoms with Gasteiger partial charge in [0.25, 0.3) is 5.91 Å².